The average Bonchev–Trinajstić information content (AvgIpc) is 3.30. The molecule has 2 aromatic heterocycles. The van der Waals surface area contributed by atoms with Gasteiger partial charge in [-0.15, -0.1) is 0 Å². The summed E-state index contributed by atoms with van der Waals surface area (Å²) < 4.78 is 21.8. The Bertz CT molecular complexity index is 2380. The van der Waals surface area contributed by atoms with E-state index in [1.807, 2.05) is 37.5 Å². The monoisotopic (exact) mass is 1010 g/mol. The third-order valence-corrected chi connectivity index (χ3v) is 10.2. The summed E-state index contributed by atoms with van der Waals surface area (Å²) in [7, 11) is 0. The molecule has 72 heavy (non-hydrogen) atoms. The van der Waals surface area contributed by atoms with Crippen molar-refractivity contribution in [3.8, 4) is 11.5 Å². The van der Waals surface area contributed by atoms with Crippen LogP contribution in [0, 0.1) is 20.2 Å². The second kappa shape index (κ2) is 27.8. The molecule has 0 saturated carbocycles. The number of hydrogen-bond donors (Lipinski definition) is 3. The van der Waals surface area contributed by atoms with Gasteiger partial charge in [0, 0.05) is 52.1 Å². The van der Waals surface area contributed by atoms with E-state index >= 15 is 0 Å². The van der Waals surface area contributed by atoms with Gasteiger partial charge in [-0.2, -0.15) is 9.97 Å². The highest BCUT2D eigenvalue weighted by atomic mass is 16.6. The average molecular weight is 1010 g/mol. The number of aromatic hydroxyl groups is 1. The number of amides is 1. The number of esters is 2. The third kappa shape index (κ3) is 18.7. The van der Waals surface area contributed by atoms with Crippen molar-refractivity contribution in [2.24, 2.45) is 0 Å². The lowest BCUT2D eigenvalue weighted by Crippen LogP contribution is -2.42. The van der Waals surface area contributed by atoms with Crippen molar-refractivity contribution in [2.75, 3.05) is 72.9 Å². The van der Waals surface area contributed by atoms with Gasteiger partial charge in [0.1, 0.15) is 47.2 Å². The molecule has 23 nitrogen and oxygen atoms in total. The first-order chi connectivity index (χ1) is 33.0. The van der Waals surface area contributed by atoms with Crippen LogP contribution in [0.4, 0.5) is 39.7 Å². The van der Waals surface area contributed by atoms with Crippen molar-refractivity contribution in [3.63, 3.8) is 0 Å². The molecule has 0 spiro atoms. The van der Waals surface area contributed by atoms with Gasteiger partial charge in [-0.1, -0.05) is 39.1 Å². The number of ether oxygens (including phenoxy) is 4. The summed E-state index contributed by atoms with van der Waals surface area (Å²) >= 11 is 0. The number of rotatable bonds is 19. The molecule has 1 aliphatic heterocycles. The summed E-state index contributed by atoms with van der Waals surface area (Å²) in [5.41, 5.74) is -0.763. The fourth-order valence-corrected chi connectivity index (χ4v) is 6.70. The van der Waals surface area contributed by atoms with Crippen LogP contribution in [0.5, 0.6) is 11.5 Å². The number of phenols is 1. The SMILES string of the molecule is C.C.CCN(CC)c1ncc([N+](=O)[O-])c(N[C@@H](Cc2ccc(O)cc2)C(=O)OC(C)(C)C)n1.CCN(CC)c1ncc([N+](=O)[O-])c(N[C@@H](Cc2ccc(OC(=O)N3CCOCC3)cc2)C(=O)OC(C)(C)C)n1. The number of nitrogens with one attached hydrogen (secondary N) is 2. The topological polar surface area (TPSA) is 280 Å². The van der Waals surface area contributed by atoms with Gasteiger partial charge in [-0.05, 0) is 105 Å². The molecule has 1 amide bonds. The van der Waals surface area contributed by atoms with E-state index in [9.17, 15) is 39.7 Å². The maximum Gasteiger partial charge on any atom is 0.415 e. The molecule has 4 aromatic rings. The van der Waals surface area contributed by atoms with E-state index in [-0.39, 0.29) is 56.5 Å². The normalized spacial score (nSPS) is 13.0. The first kappa shape index (κ1) is 60.7. The molecule has 2 aromatic carbocycles. The number of aromatic nitrogens is 4. The molecule has 1 fully saturated rings. The quantitative estimate of drug-likeness (QED) is 0.0455. The number of anilines is 4. The fraction of sp³-hybridized carbons (Fsp3) is 0.531. The predicted octanol–water partition coefficient (Wildman–Crippen LogP) is 8.00. The van der Waals surface area contributed by atoms with E-state index in [2.05, 4.69) is 30.6 Å². The van der Waals surface area contributed by atoms with E-state index in [4.69, 9.17) is 18.9 Å². The van der Waals surface area contributed by atoms with Crippen molar-refractivity contribution in [1.82, 2.24) is 24.8 Å². The zero-order valence-electron chi connectivity index (χ0n) is 41.5. The highest BCUT2D eigenvalue weighted by Crippen LogP contribution is 2.28. The van der Waals surface area contributed by atoms with Crippen LogP contribution < -0.4 is 25.2 Å². The zero-order valence-corrected chi connectivity index (χ0v) is 41.5. The van der Waals surface area contributed by atoms with Gasteiger partial charge in [-0.3, -0.25) is 20.2 Å². The Morgan fingerprint density at radius 3 is 1.42 bits per heavy atom. The molecule has 1 aliphatic rings. The maximum absolute atomic E-state index is 13.2. The van der Waals surface area contributed by atoms with Crippen LogP contribution in [-0.4, -0.2) is 134 Å². The Morgan fingerprint density at radius 1 is 0.694 bits per heavy atom. The van der Waals surface area contributed by atoms with Gasteiger partial charge in [0.2, 0.25) is 23.5 Å². The molecule has 5 rings (SSSR count). The minimum Gasteiger partial charge on any atom is -0.508 e. The van der Waals surface area contributed by atoms with Crippen LogP contribution in [-0.2, 0) is 36.6 Å². The zero-order chi connectivity index (χ0) is 51.8. The minimum atomic E-state index is -0.996. The molecule has 0 aliphatic carbocycles. The smallest absolute Gasteiger partial charge is 0.415 e. The van der Waals surface area contributed by atoms with Crippen LogP contribution in [0.15, 0.2) is 60.9 Å². The Balaban J connectivity index is 0.000000492. The Labute approximate surface area is 421 Å². The minimum absolute atomic E-state index is 0. The lowest BCUT2D eigenvalue weighted by molar-refractivity contribution is -0.384. The molecule has 23 heteroatoms. The van der Waals surface area contributed by atoms with Crippen molar-refractivity contribution < 1.29 is 48.3 Å². The molecule has 3 N–H and O–H groups in total. The highest BCUT2D eigenvalue weighted by Gasteiger charge is 2.31. The third-order valence-electron chi connectivity index (χ3n) is 10.2. The second-order valence-corrected chi connectivity index (χ2v) is 17.8. The Kier molecular flexibility index (Phi) is 23.5. The summed E-state index contributed by atoms with van der Waals surface area (Å²) in [6.45, 7) is 22.5. The molecule has 1 saturated heterocycles. The Morgan fingerprint density at radius 2 is 1.07 bits per heavy atom. The van der Waals surface area contributed by atoms with Crippen LogP contribution in [0.2, 0.25) is 0 Å². The predicted molar refractivity (Wildman–Crippen MR) is 275 cm³/mol. The van der Waals surface area contributed by atoms with Gasteiger partial charge < -0.3 is 49.4 Å². The number of benzene rings is 2. The van der Waals surface area contributed by atoms with Gasteiger partial charge in [0.15, 0.2) is 0 Å². The Hall–Kier alpha value is -7.43. The summed E-state index contributed by atoms with van der Waals surface area (Å²) in [5.74, 6) is -0.220. The van der Waals surface area contributed by atoms with Crippen molar-refractivity contribution in [3.05, 3.63) is 92.3 Å². The van der Waals surface area contributed by atoms with E-state index in [1.165, 1.54) is 12.1 Å². The fourth-order valence-electron chi connectivity index (χ4n) is 6.70. The van der Waals surface area contributed by atoms with E-state index < -0.39 is 51.2 Å². The van der Waals surface area contributed by atoms with Crippen molar-refractivity contribution in [2.45, 2.75) is 120 Å². The molecule has 0 unspecified atom stereocenters. The summed E-state index contributed by atoms with van der Waals surface area (Å²) in [6.07, 6.45) is 2.12. The van der Waals surface area contributed by atoms with Gasteiger partial charge in [0.05, 0.1) is 23.1 Å². The number of carbonyl (C=O) groups excluding carboxylic acids is 3. The van der Waals surface area contributed by atoms with Gasteiger partial charge in [0.25, 0.3) is 0 Å². The number of hydrogen-bond acceptors (Lipinski definition) is 20. The first-order valence-electron chi connectivity index (χ1n) is 23.0. The number of carbonyl (C=O) groups is 3. The maximum atomic E-state index is 13.2. The number of morpholine rings is 1. The molecule has 0 bridgehead atoms. The largest absolute Gasteiger partial charge is 0.508 e. The van der Waals surface area contributed by atoms with E-state index in [0.717, 1.165) is 18.0 Å². The first-order valence-corrected chi connectivity index (χ1v) is 23.0. The van der Waals surface area contributed by atoms with Crippen molar-refractivity contribution >= 4 is 52.9 Å². The number of nitro groups is 2. The summed E-state index contributed by atoms with van der Waals surface area (Å²) in [5, 5.41) is 38.6. The van der Waals surface area contributed by atoms with E-state index in [0.29, 0.717) is 75.7 Å². The van der Waals surface area contributed by atoms with Gasteiger partial charge >= 0.3 is 29.4 Å². The van der Waals surface area contributed by atoms with Crippen LogP contribution in [0.1, 0.15) is 95.2 Å². The number of phenolic OH excluding ortho intramolecular Hbond substituents is 1. The standard InChI is InChI=1S/C26H36N6O7.C21H29N5O5.2CH4/c1-6-30(7-2)24-27-17-21(32(35)36)22(29-24)28-20(23(33)39-26(3,4)5)16-18-8-10-19(11-9-18)38-25(34)31-12-14-37-15-13-31;1-6-25(7-2)20-22-13-17(26(29)30)18(24-20)23-16(19(28)31-21(3,4)5)12-14-8-10-15(27)11-9-14;;/h8-11,17,20H,6-7,12-16H2,1-5H3,(H,27,28,29);8-11,13,16,27H,6-7,12H2,1-5H3,(H,22,23,24);2*1H4/t20-;16-;;/m00../s1. The highest BCUT2D eigenvalue weighted by molar-refractivity contribution is 5.82. The van der Waals surface area contributed by atoms with Crippen LogP contribution in [0.25, 0.3) is 0 Å². The van der Waals surface area contributed by atoms with Gasteiger partial charge in [-0.25, -0.2) is 24.4 Å². The van der Waals surface area contributed by atoms with Crippen LogP contribution >= 0.6 is 0 Å². The molecule has 396 valence electrons. The molecular weight excluding hydrogens is 935 g/mol. The molecular formula is C49H73N11O12. The van der Waals surface area contributed by atoms with E-state index in [1.54, 1.807) is 82.8 Å². The summed E-state index contributed by atoms with van der Waals surface area (Å²) in [4.78, 5) is 82.7. The summed E-state index contributed by atoms with van der Waals surface area (Å²) in [6, 6.07) is 11.1. The van der Waals surface area contributed by atoms with Crippen LogP contribution in [0.3, 0.4) is 0 Å². The molecule has 0 radical (unpaired) electrons. The lowest BCUT2D eigenvalue weighted by atomic mass is 10.1. The molecule has 2 atom stereocenters. The van der Waals surface area contributed by atoms with Crippen molar-refractivity contribution in [1.29, 1.82) is 0 Å². The molecule has 3 heterocycles. The second-order valence-electron chi connectivity index (χ2n) is 17.8. The number of nitrogens with zero attached hydrogens (tertiary/aromatic N) is 9. The lowest BCUT2D eigenvalue weighted by Gasteiger charge is -2.26.